The summed E-state index contributed by atoms with van der Waals surface area (Å²) in [5.74, 6) is -0.109. The zero-order valence-electron chi connectivity index (χ0n) is 12.4. The Morgan fingerprint density at radius 2 is 1.90 bits per heavy atom. The summed E-state index contributed by atoms with van der Waals surface area (Å²) in [6.45, 7) is 4.07. The van der Waals surface area contributed by atoms with E-state index in [-0.39, 0.29) is 0 Å². The third-order valence-corrected chi connectivity index (χ3v) is 4.07. The van der Waals surface area contributed by atoms with E-state index in [0.29, 0.717) is 31.6 Å². The molecule has 112 valence electrons. The maximum absolute atomic E-state index is 11.6. The lowest BCUT2D eigenvalue weighted by Crippen LogP contribution is -2.35. The monoisotopic (exact) mass is 288 g/mol. The molecule has 1 heterocycles. The van der Waals surface area contributed by atoms with Gasteiger partial charge in [-0.15, -0.1) is 5.10 Å². The van der Waals surface area contributed by atoms with Crippen LogP contribution in [-0.4, -0.2) is 31.3 Å². The number of carbonyl (C=O) groups is 1. The average molecular weight is 288 g/mol. The molecule has 0 amide bonds. The van der Waals surface area contributed by atoms with Gasteiger partial charge >= 0.3 is 5.97 Å². The summed E-state index contributed by atoms with van der Waals surface area (Å²) < 4.78 is 1.62. The number of nitrogens with zero attached hydrogens (tertiary/aromatic N) is 4. The molecule has 1 N–H and O–H groups in total. The van der Waals surface area contributed by atoms with Crippen LogP contribution in [-0.2, 0) is 17.8 Å². The normalized spacial score (nSPS) is 11.5. The maximum Gasteiger partial charge on any atom is 0.311 e. The molecule has 0 aliphatic heterocycles. The van der Waals surface area contributed by atoms with Crippen molar-refractivity contribution in [1.82, 2.24) is 20.2 Å². The molecule has 0 radical (unpaired) electrons. The van der Waals surface area contributed by atoms with Gasteiger partial charge in [-0.3, -0.25) is 4.79 Å². The van der Waals surface area contributed by atoms with E-state index < -0.39 is 11.4 Å². The minimum Gasteiger partial charge on any atom is -0.481 e. The Hall–Kier alpha value is -2.24. The van der Waals surface area contributed by atoms with Crippen LogP contribution in [0.15, 0.2) is 30.3 Å². The first-order valence-corrected chi connectivity index (χ1v) is 7.13. The highest BCUT2D eigenvalue weighted by Crippen LogP contribution is 2.29. The number of hydrogen-bond acceptors (Lipinski definition) is 4. The number of carboxylic acids is 1. The number of hydrogen-bond donors (Lipinski definition) is 1. The highest BCUT2D eigenvalue weighted by molar-refractivity contribution is 5.74. The Balaban J connectivity index is 2.22. The van der Waals surface area contributed by atoms with Crippen molar-refractivity contribution >= 4 is 5.97 Å². The third-order valence-electron chi connectivity index (χ3n) is 4.07. The summed E-state index contributed by atoms with van der Waals surface area (Å²) >= 11 is 0. The van der Waals surface area contributed by atoms with Gasteiger partial charge in [-0.25, -0.2) is 4.68 Å². The van der Waals surface area contributed by atoms with Crippen LogP contribution >= 0.6 is 0 Å². The van der Waals surface area contributed by atoms with Gasteiger partial charge in [0.2, 0.25) is 0 Å². The molecule has 0 saturated heterocycles. The van der Waals surface area contributed by atoms with Crippen molar-refractivity contribution in [2.24, 2.45) is 5.41 Å². The fourth-order valence-corrected chi connectivity index (χ4v) is 2.38. The molecule has 0 saturated carbocycles. The van der Waals surface area contributed by atoms with Gasteiger partial charge in [0.15, 0.2) is 5.82 Å². The summed E-state index contributed by atoms with van der Waals surface area (Å²) in [4.78, 5) is 11.6. The Labute approximate surface area is 123 Å². The highest BCUT2D eigenvalue weighted by atomic mass is 16.4. The number of aliphatic carboxylic acids is 1. The van der Waals surface area contributed by atoms with E-state index in [1.807, 2.05) is 44.2 Å². The van der Waals surface area contributed by atoms with Crippen molar-refractivity contribution in [2.75, 3.05) is 0 Å². The Kier molecular flexibility index (Phi) is 4.67. The fourth-order valence-electron chi connectivity index (χ4n) is 2.38. The number of benzene rings is 1. The van der Waals surface area contributed by atoms with Gasteiger partial charge < -0.3 is 5.11 Å². The molecule has 21 heavy (non-hydrogen) atoms. The van der Waals surface area contributed by atoms with Crippen LogP contribution in [0.2, 0.25) is 0 Å². The van der Waals surface area contributed by atoms with Crippen molar-refractivity contribution in [3.05, 3.63) is 41.7 Å². The van der Waals surface area contributed by atoms with Crippen LogP contribution < -0.4 is 0 Å². The van der Waals surface area contributed by atoms with Crippen molar-refractivity contribution in [1.29, 1.82) is 0 Å². The number of carboxylic acid groups (broad SMARTS) is 1. The van der Waals surface area contributed by atoms with Crippen LogP contribution in [0.5, 0.6) is 0 Å². The summed E-state index contributed by atoms with van der Waals surface area (Å²) in [5.41, 5.74) is 0.281. The van der Waals surface area contributed by atoms with E-state index in [1.54, 1.807) is 4.68 Å². The topological polar surface area (TPSA) is 80.9 Å². The first kappa shape index (κ1) is 15.2. The second-order valence-corrected chi connectivity index (χ2v) is 5.21. The zero-order valence-corrected chi connectivity index (χ0v) is 12.4. The second-order valence-electron chi connectivity index (χ2n) is 5.21. The molecule has 0 unspecified atom stereocenters. The maximum atomic E-state index is 11.6. The lowest BCUT2D eigenvalue weighted by molar-refractivity contribution is -0.150. The Bertz CT molecular complexity index is 591. The molecule has 0 atom stereocenters. The van der Waals surface area contributed by atoms with Gasteiger partial charge in [-0.2, -0.15) is 0 Å². The van der Waals surface area contributed by atoms with E-state index in [1.165, 1.54) is 0 Å². The predicted molar refractivity (Wildman–Crippen MR) is 77.7 cm³/mol. The Morgan fingerprint density at radius 3 is 2.48 bits per heavy atom. The molecular weight excluding hydrogens is 268 g/mol. The molecule has 0 spiro atoms. The quantitative estimate of drug-likeness (QED) is 0.844. The first-order chi connectivity index (χ1) is 10.1. The third kappa shape index (κ3) is 3.26. The Morgan fingerprint density at radius 1 is 1.24 bits per heavy atom. The van der Waals surface area contributed by atoms with Gasteiger partial charge in [-0.1, -0.05) is 44.2 Å². The lowest BCUT2D eigenvalue weighted by atomic mass is 9.82. The van der Waals surface area contributed by atoms with Gasteiger partial charge in [0.1, 0.15) is 0 Å². The van der Waals surface area contributed by atoms with Crippen LogP contribution in [0.1, 0.15) is 38.1 Å². The van der Waals surface area contributed by atoms with Crippen LogP contribution in [0.3, 0.4) is 0 Å². The summed E-state index contributed by atoms with van der Waals surface area (Å²) in [6, 6.07) is 9.88. The summed E-state index contributed by atoms with van der Waals surface area (Å²) in [5, 5.41) is 21.2. The molecule has 0 fully saturated rings. The van der Waals surface area contributed by atoms with E-state index in [2.05, 4.69) is 15.5 Å². The molecule has 2 aromatic rings. The molecule has 6 nitrogen and oxygen atoms in total. The fraction of sp³-hybridized carbons (Fsp3) is 0.467. The van der Waals surface area contributed by atoms with Crippen molar-refractivity contribution in [3.63, 3.8) is 0 Å². The minimum absolute atomic E-state index is 0.296. The molecular formula is C15H20N4O2. The molecule has 1 aromatic carbocycles. The smallest absolute Gasteiger partial charge is 0.311 e. The number of tetrazole rings is 1. The van der Waals surface area contributed by atoms with Crippen LogP contribution in [0, 0.1) is 5.41 Å². The SMILES string of the molecule is CCC(CC)(Cn1nnnc1Cc1ccccc1)C(=O)O. The molecule has 0 aliphatic carbocycles. The predicted octanol–water partition coefficient (Wildman–Crippen LogP) is 2.15. The molecule has 2 rings (SSSR count). The molecule has 6 heteroatoms. The second kappa shape index (κ2) is 6.47. The van der Waals surface area contributed by atoms with E-state index >= 15 is 0 Å². The van der Waals surface area contributed by atoms with Gasteiger partial charge in [0.25, 0.3) is 0 Å². The summed E-state index contributed by atoms with van der Waals surface area (Å²) in [7, 11) is 0. The van der Waals surface area contributed by atoms with Crippen LogP contribution in [0.4, 0.5) is 0 Å². The molecule has 0 aliphatic rings. The largest absolute Gasteiger partial charge is 0.481 e. The lowest BCUT2D eigenvalue weighted by Gasteiger charge is -2.26. The van der Waals surface area contributed by atoms with Gasteiger partial charge in [-0.05, 0) is 28.8 Å². The average Bonchev–Trinajstić information content (AvgIpc) is 2.92. The zero-order chi connectivity index (χ0) is 15.3. The van der Waals surface area contributed by atoms with Crippen LogP contribution in [0.25, 0.3) is 0 Å². The minimum atomic E-state index is -0.819. The highest BCUT2D eigenvalue weighted by Gasteiger charge is 2.36. The van der Waals surface area contributed by atoms with Crippen molar-refractivity contribution < 1.29 is 9.90 Å². The van der Waals surface area contributed by atoms with Gasteiger partial charge in [0.05, 0.1) is 12.0 Å². The molecule has 0 bridgehead atoms. The number of aromatic nitrogens is 4. The van der Waals surface area contributed by atoms with Crippen molar-refractivity contribution in [3.8, 4) is 0 Å². The van der Waals surface area contributed by atoms with E-state index in [0.717, 1.165) is 5.56 Å². The van der Waals surface area contributed by atoms with E-state index in [4.69, 9.17) is 0 Å². The summed E-state index contributed by atoms with van der Waals surface area (Å²) in [6.07, 6.45) is 1.68. The standard InChI is InChI=1S/C15H20N4O2/c1-3-15(4-2,14(20)21)11-19-13(16-17-18-19)10-12-8-6-5-7-9-12/h5-9H,3-4,10-11H2,1-2H3,(H,20,21). The first-order valence-electron chi connectivity index (χ1n) is 7.13. The van der Waals surface area contributed by atoms with Crippen molar-refractivity contribution in [2.45, 2.75) is 39.7 Å². The number of rotatable bonds is 7. The van der Waals surface area contributed by atoms with E-state index in [9.17, 15) is 9.90 Å². The van der Waals surface area contributed by atoms with Gasteiger partial charge in [0, 0.05) is 6.42 Å². The molecule has 1 aromatic heterocycles.